The molecule has 0 aromatic carbocycles. The molecule has 0 fully saturated rings. The molecule has 11 heavy (non-hydrogen) atoms. The van der Waals surface area contributed by atoms with E-state index in [0.29, 0.717) is 0 Å². The van der Waals surface area contributed by atoms with Crippen LogP contribution in [0.4, 0.5) is 0 Å². The second-order valence-electron chi connectivity index (χ2n) is 2.20. The molecule has 0 N–H and O–H groups in total. The Bertz CT molecular complexity index is 264. The summed E-state index contributed by atoms with van der Waals surface area (Å²) in [7, 11) is 3.39. The lowest BCUT2D eigenvalue weighted by Crippen LogP contribution is -2.04. The van der Waals surface area contributed by atoms with Crippen molar-refractivity contribution in [3.8, 4) is 0 Å². The molecule has 0 aliphatic carbocycles. The van der Waals surface area contributed by atoms with E-state index < -0.39 is 0 Å². The largest absolute Gasteiger partial charge is 0.399 e. The summed E-state index contributed by atoms with van der Waals surface area (Å²) in [4.78, 5) is 4.63. The zero-order chi connectivity index (χ0) is 8.27. The summed E-state index contributed by atoms with van der Waals surface area (Å²) in [5, 5.41) is 7.78. The van der Waals surface area contributed by atoms with Crippen LogP contribution in [0.15, 0.2) is 17.4 Å². The molecule has 0 aliphatic heterocycles. The normalized spacial score (nSPS) is 11.7. The third-order valence-electron chi connectivity index (χ3n) is 1.42. The van der Waals surface area contributed by atoms with E-state index in [0.717, 1.165) is 11.4 Å². The molecule has 60 valence electrons. The van der Waals surface area contributed by atoms with Crippen molar-refractivity contribution in [3.63, 3.8) is 0 Å². The van der Waals surface area contributed by atoms with Gasteiger partial charge >= 0.3 is 0 Å². The maximum Gasteiger partial charge on any atom is 0.106 e. The summed E-state index contributed by atoms with van der Waals surface area (Å²) in [6, 6.07) is 1.89. The number of aryl methyl sites for hydroxylation is 1. The molecule has 0 aliphatic rings. The fraction of sp³-hybridized carbons (Fsp3) is 0.429. The first-order chi connectivity index (χ1) is 5.25. The van der Waals surface area contributed by atoms with E-state index in [1.54, 1.807) is 10.9 Å². The van der Waals surface area contributed by atoms with Crippen molar-refractivity contribution in [2.24, 2.45) is 12.2 Å². The van der Waals surface area contributed by atoms with Crippen LogP contribution in [0.3, 0.4) is 0 Å². The molecule has 0 spiro atoms. The van der Waals surface area contributed by atoms with Gasteiger partial charge in [0, 0.05) is 13.2 Å². The van der Waals surface area contributed by atoms with Gasteiger partial charge in [-0.15, -0.1) is 0 Å². The summed E-state index contributed by atoms with van der Waals surface area (Å²) in [6.07, 6.45) is 1.73. The smallest absolute Gasteiger partial charge is 0.106 e. The van der Waals surface area contributed by atoms with Gasteiger partial charge in [-0.2, -0.15) is 5.10 Å². The molecular formula is C7H11N3O. The van der Waals surface area contributed by atoms with Crippen LogP contribution in [-0.4, -0.2) is 22.6 Å². The summed E-state index contributed by atoms with van der Waals surface area (Å²) < 4.78 is 1.75. The van der Waals surface area contributed by atoms with E-state index in [1.165, 1.54) is 7.11 Å². The topological polar surface area (TPSA) is 39.4 Å². The number of oxime groups is 1. The number of aromatic nitrogens is 2. The van der Waals surface area contributed by atoms with Crippen LogP contribution < -0.4 is 0 Å². The summed E-state index contributed by atoms with van der Waals surface area (Å²) in [5.41, 5.74) is 1.79. The highest BCUT2D eigenvalue weighted by atomic mass is 16.6. The Morgan fingerprint density at radius 1 is 1.73 bits per heavy atom. The first-order valence-corrected chi connectivity index (χ1v) is 3.32. The number of rotatable bonds is 2. The van der Waals surface area contributed by atoms with Gasteiger partial charge in [-0.3, -0.25) is 4.68 Å². The van der Waals surface area contributed by atoms with E-state index >= 15 is 0 Å². The Kier molecular flexibility index (Phi) is 2.25. The quantitative estimate of drug-likeness (QED) is 0.465. The monoisotopic (exact) mass is 153 g/mol. The van der Waals surface area contributed by atoms with Crippen molar-refractivity contribution >= 4 is 5.71 Å². The third-order valence-corrected chi connectivity index (χ3v) is 1.42. The fourth-order valence-electron chi connectivity index (χ4n) is 0.912. The minimum absolute atomic E-state index is 0.826. The molecule has 1 aromatic heterocycles. The Labute approximate surface area is 65.5 Å². The van der Waals surface area contributed by atoms with Gasteiger partial charge in [-0.1, -0.05) is 5.16 Å². The van der Waals surface area contributed by atoms with Gasteiger partial charge in [0.2, 0.25) is 0 Å². The van der Waals surface area contributed by atoms with Gasteiger partial charge in [0.25, 0.3) is 0 Å². The Morgan fingerprint density at radius 2 is 2.45 bits per heavy atom. The molecule has 0 unspecified atom stereocenters. The van der Waals surface area contributed by atoms with Crippen LogP contribution in [0.1, 0.15) is 12.6 Å². The second-order valence-corrected chi connectivity index (χ2v) is 2.20. The zero-order valence-electron chi connectivity index (χ0n) is 6.90. The summed E-state index contributed by atoms with van der Waals surface area (Å²) in [5.74, 6) is 0. The second kappa shape index (κ2) is 3.18. The van der Waals surface area contributed by atoms with Crippen LogP contribution in [0.5, 0.6) is 0 Å². The maximum atomic E-state index is 4.63. The zero-order valence-corrected chi connectivity index (χ0v) is 6.90. The SMILES string of the molecule is CO/N=C(\C)c1ccnn1C. The highest BCUT2D eigenvalue weighted by molar-refractivity contribution is 5.96. The molecule has 1 rings (SSSR count). The van der Waals surface area contributed by atoms with E-state index in [1.807, 2.05) is 20.0 Å². The molecule has 1 aromatic rings. The number of nitrogens with zero attached hydrogens (tertiary/aromatic N) is 3. The molecule has 0 atom stereocenters. The number of hydrogen-bond acceptors (Lipinski definition) is 3. The van der Waals surface area contributed by atoms with Crippen molar-refractivity contribution in [2.45, 2.75) is 6.92 Å². The molecule has 4 heteroatoms. The molecule has 0 saturated carbocycles. The van der Waals surface area contributed by atoms with Crippen LogP contribution >= 0.6 is 0 Å². The lowest BCUT2D eigenvalue weighted by Gasteiger charge is -1.98. The molecule has 4 nitrogen and oxygen atoms in total. The first kappa shape index (κ1) is 7.78. The van der Waals surface area contributed by atoms with Crippen molar-refractivity contribution in [2.75, 3.05) is 7.11 Å². The molecule has 0 bridgehead atoms. The molecule has 0 radical (unpaired) electrons. The van der Waals surface area contributed by atoms with Crippen molar-refractivity contribution in [3.05, 3.63) is 18.0 Å². The van der Waals surface area contributed by atoms with Crippen LogP contribution in [0, 0.1) is 0 Å². The number of hydrogen-bond donors (Lipinski definition) is 0. The van der Waals surface area contributed by atoms with E-state index in [2.05, 4.69) is 15.1 Å². The molecular weight excluding hydrogens is 142 g/mol. The van der Waals surface area contributed by atoms with Gasteiger partial charge in [-0.25, -0.2) is 0 Å². The standard InChI is InChI=1S/C7H11N3O/c1-6(9-11-3)7-4-5-8-10(7)2/h4-5H,1-3H3/b9-6+. The minimum Gasteiger partial charge on any atom is -0.399 e. The third kappa shape index (κ3) is 1.58. The van der Waals surface area contributed by atoms with Gasteiger partial charge in [0.15, 0.2) is 0 Å². The van der Waals surface area contributed by atoms with Crippen LogP contribution in [0.2, 0.25) is 0 Å². The maximum absolute atomic E-state index is 4.63. The molecule has 0 amide bonds. The van der Waals surface area contributed by atoms with Crippen molar-refractivity contribution in [1.82, 2.24) is 9.78 Å². The highest BCUT2D eigenvalue weighted by Gasteiger charge is 2.01. The molecule has 0 saturated heterocycles. The molecule has 1 heterocycles. The van der Waals surface area contributed by atoms with Gasteiger partial charge in [-0.05, 0) is 13.0 Å². The summed E-state index contributed by atoms with van der Waals surface area (Å²) >= 11 is 0. The Balaban J connectivity index is 2.92. The lowest BCUT2D eigenvalue weighted by atomic mass is 10.3. The predicted molar refractivity (Wildman–Crippen MR) is 42.4 cm³/mol. The van der Waals surface area contributed by atoms with Crippen LogP contribution in [0.25, 0.3) is 0 Å². The Morgan fingerprint density at radius 3 is 2.91 bits per heavy atom. The minimum atomic E-state index is 0.826. The first-order valence-electron chi connectivity index (χ1n) is 3.32. The highest BCUT2D eigenvalue weighted by Crippen LogP contribution is 1.98. The Hall–Kier alpha value is -1.32. The van der Waals surface area contributed by atoms with Crippen molar-refractivity contribution in [1.29, 1.82) is 0 Å². The van der Waals surface area contributed by atoms with Gasteiger partial charge in [0.1, 0.15) is 12.8 Å². The predicted octanol–water partition coefficient (Wildman–Crippen LogP) is 0.790. The van der Waals surface area contributed by atoms with Crippen LogP contribution in [-0.2, 0) is 11.9 Å². The lowest BCUT2D eigenvalue weighted by molar-refractivity contribution is 0.213. The van der Waals surface area contributed by atoms with Gasteiger partial charge in [0.05, 0.1) is 5.69 Å². The average molecular weight is 153 g/mol. The van der Waals surface area contributed by atoms with E-state index in [9.17, 15) is 0 Å². The van der Waals surface area contributed by atoms with E-state index in [-0.39, 0.29) is 0 Å². The van der Waals surface area contributed by atoms with Crippen molar-refractivity contribution < 1.29 is 4.84 Å². The van der Waals surface area contributed by atoms with Gasteiger partial charge < -0.3 is 4.84 Å². The fourth-order valence-corrected chi connectivity index (χ4v) is 0.912. The summed E-state index contributed by atoms with van der Waals surface area (Å²) in [6.45, 7) is 1.88. The average Bonchev–Trinajstić information content (AvgIpc) is 2.36. The van der Waals surface area contributed by atoms with E-state index in [4.69, 9.17) is 0 Å².